The number of ether oxygens (including phenoxy) is 5. The average Bonchev–Trinajstić information content (AvgIpc) is 3.39. The number of aliphatic hydroxyl groups is 17. The zero-order valence-corrected chi connectivity index (χ0v) is 38.4. The fourth-order valence-corrected chi connectivity index (χ4v) is 12.3. The fraction of sp³-hybridized carbons (Fsp3) is 0.800. The van der Waals surface area contributed by atoms with Crippen molar-refractivity contribution in [1.29, 1.82) is 0 Å². The molecule has 17 N–H and O–H groups in total. The summed E-state index contributed by atoms with van der Waals surface area (Å²) in [5, 5.41) is 176. The Labute approximate surface area is 392 Å². The van der Waals surface area contributed by atoms with Crippen LogP contribution in [0.1, 0.15) is 91.4 Å². The second-order valence-electron chi connectivity index (χ2n) is 19.5. The van der Waals surface area contributed by atoms with Gasteiger partial charge in [-0.15, -0.1) is 0 Å². The number of carbonyl (C=O) groups is 1. The first kappa shape index (κ1) is 55.6. The summed E-state index contributed by atoms with van der Waals surface area (Å²) in [5.74, 6) is -8.84. The Bertz CT molecular complexity index is 1870. The van der Waals surface area contributed by atoms with Crippen molar-refractivity contribution in [3.05, 3.63) is 46.7 Å². The maximum Gasteiger partial charge on any atom is 0.314 e. The second kappa shape index (κ2) is 22.0. The molecular weight excluding hydrogens is 908 g/mol. The van der Waals surface area contributed by atoms with Gasteiger partial charge in [0.15, 0.2) is 40.7 Å². The molecule has 23 heteroatoms. The van der Waals surface area contributed by atoms with Gasteiger partial charge in [0.25, 0.3) is 0 Å². The highest BCUT2D eigenvalue weighted by molar-refractivity contribution is 5.77. The van der Waals surface area contributed by atoms with E-state index >= 15 is 0 Å². The minimum absolute atomic E-state index is 0.0600. The van der Waals surface area contributed by atoms with Crippen LogP contribution in [-0.4, -0.2) is 193 Å². The third kappa shape index (κ3) is 10.1. The molecular formula is C45H72O23. The number of hydrogen-bond donors (Lipinski definition) is 17. The molecule has 0 amide bonds. The molecule has 1 saturated heterocycles. The first-order chi connectivity index (χ1) is 31.9. The molecule has 5 rings (SSSR count). The lowest BCUT2D eigenvalue weighted by atomic mass is 9.39. The van der Waals surface area contributed by atoms with Gasteiger partial charge in [-0.1, -0.05) is 26.8 Å². The third-order valence-corrected chi connectivity index (χ3v) is 15.9. The Hall–Kier alpha value is -3.37. The van der Waals surface area contributed by atoms with Crippen molar-refractivity contribution >= 4 is 5.97 Å². The highest BCUT2D eigenvalue weighted by Gasteiger charge is 2.72. The first-order valence-electron chi connectivity index (χ1n) is 23.0. The molecule has 390 valence electrons. The summed E-state index contributed by atoms with van der Waals surface area (Å²) >= 11 is 0. The van der Waals surface area contributed by atoms with Crippen LogP contribution >= 0.6 is 0 Å². The van der Waals surface area contributed by atoms with E-state index in [9.17, 15) is 86.5 Å². The Morgan fingerprint density at radius 1 is 0.691 bits per heavy atom. The molecule has 0 radical (unpaired) electrons. The van der Waals surface area contributed by atoms with Gasteiger partial charge in [-0.2, -0.15) is 0 Å². The molecule has 18 atom stereocenters. The molecule has 1 spiro atoms. The molecule has 23 nitrogen and oxygen atoms in total. The Morgan fingerprint density at radius 2 is 1.18 bits per heavy atom. The summed E-state index contributed by atoms with van der Waals surface area (Å²) < 4.78 is 29.1. The number of carbonyl (C=O) groups excluding carboxylic acids is 1. The molecule has 13 unspecified atom stereocenters. The smallest absolute Gasteiger partial charge is 0.314 e. The molecule has 0 aromatic rings. The number of esters is 1. The summed E-state index contributed by atoms with van der Waals surface area (Å²) in [6, 6.07) is 0. The molecule has 4 saturated carbocycles. The molecule has 2 bridgehead atoms. The van der Waals surface area contributed by atoms with Crippen LogP contribution in [0, 0.1) is 34.0 Å². The summed E-state index contributed by atoms with van der Waals surface area (Å²) in [6.45, 7) is 7.34. The summed E-state index contributed by atoms with van der Waals surface area (Å²) in [4.78, 5) is 14.9. The number of rotatable bonds is 21. The Morgan fingerprint density at radius 3 is 1.68 bits per heavy atom. The highest BCUT2D eigenvalue weighted by Crippen LogP contribution is 2.75. The van der Waals surface area contributed by atoms with Crippen molar-refractivity contribution < 1.29 is 115 Å². The zero-order valence-electron chi connectivity index (χ0n) is 38.4. The summed E-state index contributed by atoms with van der Waals surface area (Å²) in [5.41, 5.74) is -2.80. The molecule has 1 aliphatic heterocycles. The van der Waals surface area contributed by atoms with Gasteiger partial charge in [-0.05, 0) is 86.0 Å². The molecule has 5 fully saturated rings. The second-order valence-corrected chi connectivity index (χ2v) is 19.5. The van der Waals surface area contributed by atoms with Gasteiger partial charge in [-0.25, -0.2) is 0 Å². The van der Waals surface area contributed by atoms with Gasteiger partial charge < -0.3 is 110 Å². The molecule has 1 heterocycles. The first-order valence-corrected chi connectivity index (χ1v) is 23.0. The van der Waals surface area contributed by atoms with Crippen LogP contribution in [0.4, 0.5) is 0 Å². The van der Waals surface area contributed by atoms with E-state index < -0.39 is 170 Å². The van der Waals surface area contributed by atoms with E-state index in [4.69, 9.17) is 28.8 Å². The van der Waals surface area contributed by atoms with Crippen molar-refractivity contribution in [3.63, 3.8) is 0 Å². The van der Waals surface area contributed by atoms with E-state index in [1.165, 1.54) is 0 Å². The van der Waals surface area contributed by atoms with Gasteiger partial charge in [0.2, 0.25) is 25.2 Å². The predicted octanol–water partition coefficient (Wildman–Crippen LogP) is -0.0997. The van der Waals surface area contributed by atoms with Crippen molar-refractivity contribution in [1.82, 2.24) is 0 Å². The summed E-state index contributed by atoms with van der Waals surface area (Å²) in [7, 11) is 0. The van der Waals surface area contributed by atoms with Gasteiger partial charge >= 0.3 is 5.97 Å². The van der Waals surface area contributed by atoms with Crippen LogP contribution in [0.25, 0.3) is 0 Å². The Balaban J connectivity index is 1.46. The lowest BCUT2D eigenvalue weighted by molar-refractivity contribution is -0.341. The zero-order chi connectivity index (χ0) is 50.8. The summed E-state index contributed by atoms with van der Waals surface area (Å²) in [6.07, 6.45) is -20.3. The van der Waals surface area contributed by atoms with Crippen LogP contribution in [0.3, 0.4) is 0 Å². The van der Waals surface area contributed by atoms with Crippen molar-refractivity contribution in [2.75, 3.05) is 26.4 Å². The van der Waals surface area contributed by atoms with Crippen LogP contribution < -0.4 is 0 Å². The van der Waals surface area contributed by atoms with Crippen LogP contribution in [-0.2, 0) is 28.5 Å². The highest BCUT2D eigenvalue weighted by atomic mass is 16.8. The number of aliphatic hydroxyl groups excluding tert-OH is 17. The van der Waals surface area contributed by atoms with Crippen LogP contribution in [0.5, 0.6) is 0 Å². The monoisotopic (exact) mass is 980 g/mol. The maximum atomic E-state index is 14.9. The van der Waals surface area contributed by atoms with E-state index in [1.54, 1.807) is 6.92 Å². The normalized spacial score (nSPS) is 38.6. The standard InChI is InChI=1S/C45H72O23/c1-20-18-44-13-6-26-42(3,27(44)7-14-45(20,21(44)2)68-39(62)34(59)30(55)24(52)10-17-48)11-5-12-43(26,4)41(63)67-40-36(66-38(61)33(58)29(54)23(51)9-16-47)35(31(56)25(19-49)64-40)65-37(60)32(57)28(53)22(50)8-15-46/h21-27,31,35-40,46-62H,1,5-19H2,2-4H3/b32-28+,33-29+,34-30-/t21-,22?,23?,24?,25?,26?,27?,31?,35?,36?,37?,38?,39?,40?,42-,43-,44-,45-/m1/s1. The number of hydrogen-bond acceptors (Lipinski definition) is 23. The van der Waals surface area contributed by atoms with E-state index in [2.05, 4.69) is 13.5 Å². The fourth-order valence-electron chi connectivity index (χ4n) is 12.3. The van der Waals surface area contributed by atoms with E-state index in [-0.39, 0.29) is 24.2 Å². The van der Waals surface area contributed by atoms with E-state index in [1.807, 2.05) is 6.92 Å². The molecule has 5 aliphatic rings. The van der Waals surface area contributed by atoms with Gasteiger partial charge in [-0.3, -0.25) is 4.79 Å². The minimum atomic E-state index is -2.64. The average molecular weight is 981 g/mol. The molecule has 0 aromatic heterocycles. The minimum Gasteiger partial charge on any atom is -0.506 e. The lowest BCUT2D eigenvalue weighted by Gasteiger charge is -2.65. The van der Waals surface area contributed by atoms with Gasteiger partial charge in [0, 0.05) is 39.1 Å². The van der Waals surface area contributed by atoms with E-state index in [0.29, 0.717) is 56.9 Å². The van der Waals surface area contributed by atoms with Gasteiger partial charge in [0.1, 0.15) is 36.6 Å². The number of fused-ring (bicyclic) bond motifs is 3. The van der Waals surface area contributed by atoms with Crippen LogP contribution in [0.15, 0.2) is 46.7 Å². The molecule has 68 heavy (non-hydrogen) atoms. The lowest BCUT2D eigenvalue weighted by Crippen LogP contribution is -2.64. The van der Waals surface area contributed by atoms with Crippen molar-refractivity contribution in [2.45, 2.75) is 165 Å². The van der Waals surface area contributed by atoms with Crippen molar-refractivity contribution in [3.8, 4) is 0 Å². The van der Waals surface area contributed by atoms with Crippen molar-refractivity contribution in [2.24, 2.45) is 34.0 Å². The largest absolute Gasteiger partial charge is 0.506 e. The topological polar surface area (TPSA) is 407 Å². The predicted molar refractivity (Wildman–Crippen MR) is 230 cm³/mol. The Kier molecular flexibility index (Phi) is 17.9. The molecule has 4 aliphatic carbocycles. The van der Waals surface area contributed by atoms with Crippen LogP contribution in [0.2, 0.25) is 0 Å². The third-order valence-electron chi connectivity index (χ3n) is 15.9. The quantitative estimate of drug-likeness (QED) is 0.0309. The molecule has 0 aromatic carbocycles. The van der Waals surface area contributed by atoms with E-state index in [0.717, 1.165) is 0 Å². The maximum absolute atomic E-state index is 14.9. The van der Waals surface area contributed by atoms with Gasteiger partial charge in [0.05, 0.1) is 17.6 Å². The SMILES string of the molecule is C=C1C[C@@]23CCC4[C@@](C)(CCC[C@@]4(C)C(=O)OC4OC(CO)C(O)C(OC(O)/C(O)=C(\O)C(O)CCO)C4OC(O)/C(O)=C(\O)C(O)CCO)C2CC[C@]1(OC(O)/C(O)=C(/O)C(O)CCO)[C@@H]3C.